The molecular weight excluding hydrogens is 709 g/mol. The van der Waals surface area contributed by atoms with Gasteiger partial charge in [-0.3, -0.25) is 0 Å². The Morgan fingerprint density at radius 1 is 0.564 bits per heavy atom. The van der Waals surface area contributed by atoms with Crippen LogP contribution in [0.25, 0.3) is 60.4 Å². The molecule has 0 saturated heterocycles. The minimum atomic E-state index is 0.00569. The van der Waals surface area contributed by atoms with Crippen LogP contribution in [0.15, 0.2) is 175 Å². The third kappa shape index (κ3) is 5.86. The summed E-state index contributed by atoms with van der Waals surface area (Å²) in [6.07, 6.45) is 16.5. The minimum Gasteiger partial charge on any atom is -0.309 e. The molecule has 55 heavy (non-hydrogen) atoms. The molecule has 0 amide bonds. The Morgan fingerprint density at radius 3 is 1.89 bits per heavy atom. The van der Waals surface area contributed by atoms with Gasteiger partial charge in [-0.25, -0.2) is 15.0 Å². The summed E-state index contributed by atoms with van der Waals surface area (Å²) in [6, 6.07) is 44.9. The molecule has 6 aromatic carbocycles. The number of nitrogens with zero attached hydrogens (tertiary/aromatic N) is 4. The Morgan fingerprint density at radius 2 is 1.20 bits per heavy atom. The highest BCUT2D eigenvalue weighted by Gasteiger charge is 2.23. The predicted molar refractivity (Wildman–Crippen MR) is 236 cm³/mol. The van der Waals surface area contributed by atoms with Crippen molar-refractivity contribution in [2.45, 2.75) is 24.7 Å². The molecule has 2 aliphatic rings. The zero-order chi connectivity index (χ0) is 36.9. The van der Waals surface area contributed by atoms with Crippen molar-refractivity contribution in [3.05, 3.63) is 193 Å². The lowest BCUT2D eigenvalue weighted by Gasteiger charge is -2.19. The number of aromatic nitrogens is 4. The van der Waals surface area contributed by atoms with Crippen molar-refractivity contribution in [2.75, 3.05) is 0 Å². The Kier molecular flexibility index (Phi) is 8.43. The maximum Gasteiger partial charge on any atom is 0.163 e. The van der Waals surface area contributed by atoms with Gasteiger partial charge in [0, 0.05) is 39.2 Å². The first-order chi connectivity index (χ1) is 27.1. The lowest BCUT2D eigenvalue weighted by molar-refractivity contribution is 0.699. The zero-order valence-electron chi connectivity index (χ0n) is 29.8. The van der Waals surface area contributed by atoms with Crippen LogP contribution in [-0.2, 0) is 0 Å². The van der Waals surface area contributed by atoms with Crippen LogP contribution in [0.4, 0.5) is 0 Å². The van der Waals surface area contributed by atoms with Crippen LogP contribution in [0.5, 0.6) is 0 Å². The van der Waals surface area contributed by atoms with Crippen LogP contribution in [0, 0.1) is 0 Å². The first-order valence-electron chi connectivity index (χ1n) is 18.7. The zero-order valence-corrected chi connectivity index (χ0v) is 31.5. The number of thiocarbonyl (C=S) groups is 2. The summed E-state index contributed by atoms with van der Waals surface area (Å²) >= 11 is 12.1. The summed E-state index contributed by atoms with van der Waals surface area (Å²) in [4.78, 5) is 16.2. The van der Waals surface area contributed by atoms with Gasteiger partial charge >= 0.3 is 0 Å². The molecule has 2 unspecified atom stereocenters. The van der Waals surface area contributed by atoms with Crippen LogP contribution in [0.3, 0.4) is 0 Å². The van der Waals surface area contributed by atoms with Crippen molar-refractivity contribution in [3.63, 3.8) is 0 Å². The standard InChI is InChI=1S/C49H34N4S2/c54-45(31-23-25-35(26-24-31)49-51-47(33-13-3-1-4-14-33)50-48(52-49)34-15-5-2-6-16-34)46(55)32-27-29-36(30-28-32)53-42-22-12-11-21-41(42)43-39-19-9-7-17-37(39)38-18-8-10-20-40(38)44(43)53/h1-15,17-25,27-30,34-35H,16,26H2. The molecule has 0 aliphatic heterocycles. The lowest BCUT2D eigenvalue weighted by atomic mass is 9.92. The van der Waals surface area contributed by atoms with Crippen molar-refractivity contribution in [1.29, 1.82) is 0 Å². The fraction of sp³-hybridized carbons (Fsp3) is 0.0816. The predicted octanol–water partition coefficient (Wildman–Crippen LogP) is 12.3. The van der Waals surface area contributed by atoms with Crippen molar-refractivity contribution >= 4 is 77.5 Å². The third-order valence-corrected chi connectivity index (χ3v) is 11.9. The summed E-state index contributed by atoms with van der Waals surface area (Å²) in [5, 5.41) is 7.52. The molecule has 0 fully saturated rings. The molecule has 10 rings (SSSR count). The van der Waals surface area contributed by atoms with Crippen molar-refractivity contribution in [1.82, 2.24) is 19.5 Å². The normalized spacial score (nSPS) is 16.6. The summed E-state index contributed by atoms with van der Waals surface area (Å²) in [5.41, 5.74) is 6.33. The van der Waals surface area contributed by atoms with Gasteiger partial charge in [-0.15, -0.1) is 0 Å². The van der Waals surface area contributed by atoms with Gasteiger partial charge < -0.3 is 4.57 Å². The summed E-state index contributed by atoms with van der Waals surface area (Å²) < 4.78 is 2.40. The number of rotatable bonds is 7. The molecular formula is C49H34N4S2. The highest BCUT2D eigenvalue weighted by atomic mass is 32.1. The first-order valence-corrected chi connectivity index (χ1v) is 19.5. The largest absolute Gasteiger partial charge is 0.309 e. The van der Waals surface area contributed by atoms with Gasteiger partial charge in [-0.2, -0.15) is 0 Å². The van der Waals surface area contributed by atoms with Crippen LogP contribution in [0.2, 0.25) is 0 Å². The molecule has 0 N–H and O–H groups in total. The molecule has 0 radical (unpaired) electrons. The van der Waals surface area contributed by atoms with E-state index in [-0.39, 0.29) is 11.8 Å². The Hall–Kier alpha value is -6.21. The van der Waals surface area contributed by atoms with Gasteiger partial charge in [0.2, 0.25) is 0 Å². The molecule has 0 bridgehead atoms. The van der Waals surface area contributed by atoms with Crippen molar-refractivity contribution < 1.29 is 0 Å². The van der Waals surface area contributed by atoms with Gasteiger partial charge in [0.25, 0.3) is 0 Å². The fourth-order valence-electron chi connectivity index (χ4n) is 8.13. The average molecular weight is 743 g/mol. The number of fused-ring (bicyclic) bond motifs is 8. The number of benzene rings is 6. The number of para-hydroxylation sites is 1. The Bertz CT molecular complexity index is 2970. The van der Waals surface area contributed by atoms with E-state index in [1.54, 1.807) is 0 Å². The van der Waals surface area contributed by atoms with E-state index in [1.807, 2.05) is 30.3 Å². The minimum absolute atomic E-state index is 0.00569. The molecule has 2 atom stereocenters. The van der Waals surface area contributed by atoms with E-state index < -0.39 is 0 Å². The number of allylic oxidation sites excluding steroid dienone is 8. The summed E-state index contributed by atoms with van der Waals surface area (Å²) in [5.74, 6) is 2.40. The first kappa shape index (κ1) is 33.4. The Labute approximate surface area is 329 Å². The van der Waals surface area contributed by atoms with E-state index in [9.17, 15) is 0 Å². The lowest BCUT2D eigenvalue weighted by Crippen LogP contribution is -2.16. The van der Waals surface area contributed by atoms with Crippen LogP contribution in [0.1, 0.15) is 41.9 Å². The second-order valence-electron chi connectivity index (χ2n) is 14.1. The van der Waals surface area contributed by atoms with E-state index in [0.717, 1.165) is 46.9 Å². The molecule has 2 aliphatic carbocycles. The monoisotopic (exact) mass is 742 g/mol. The van der Waals surface area contributed by atoms with Crippen LogP contribution in [-0.4, -0.2) is 29.2 Å². The topological polar surface area (TPSA) is 43.6 Å². The van der Waals surface area contributed by atoms with Crippen molar-refractivity contribution in [3.8, 4) is 17.1 Å². The molecule has 262 valence electrons. The highest BCUT2D eigenvalue weighted by Crippen LogP contribution is 2.42. The highest BCUT2D eigenvalue weighted by molar-refractivity contribution is 7.90. The molecule has 8 aromatic rings. The summed E-state index contributed by atoms with van der Waals surface area (Å²) in [7, 11) is 0. The van der Waals surface area contributed by atoms with E-state index in [0.29, 0.717) is 15.6 Å². The quantitative estimate of drug-likeness (QED) is 0.0924. The number of hydrogen-bond acceptors (Lipinski definition) is 5. The van der Waals surface area contributed by atoms with E-state index in [4.69, 9.17) is 39.4 Å². The van der Waals surface area contributed by atoms with Gasteiger partial charge in [-0.05, 0) is 58.3 Å². The number of hydrogen-bond donors (Lipinski definition) is 0. The van der Waals surface area contributed by atoms with E-state index in [2.05, 4.69) is 144 Å². The van der Waals surface area contributed by atoms with Gasteiger partial charge in [0.1, 0.15) is 11.6 Å². The molecule has 2 heterocycles. The molecule has 6 heteroatoms. The molecule has 0 saturated carbocycles. The van der Waals surface area contributed by atoms with E-state index >= 15 is 0 Å². The third-order valence-electron chi connectivity index (χ3n) is 10.8. The molecule has 0 spiro atoms. The van der Waals surface area contributed by atoms with Crippen molar-refractivity contribution in [2.24, 2.45) is 0 Å². The van der Waals surface area contributed by atoms with Gasteiger partial charge in [0.05, 0.1) is 20.8 Å². The smallest absolute Gasteiger partial charge is 0.163 e. The fourth-order valence-corrected chi connectivity index (χ4v) is 8.65. The average Bonchev–Trinajstić information content (AvgIpc) is 3.62. The Balaban J connectivity index is 0.949. The molecule has 4 nitrogen and oxygen atoms in total. The van der Waals surface area contributed by atoms with Crippen LogP contribution < -0.4 is 0 Å². The van der Waals surface area contributed by atoms with Gasteiger partial charge in [0.15, 0.2) is 5.82 Å². The molecule has 2 aromatic heterocycles. The maximum absolute atomic E-state index is 6.05. The van der Waals surface area contributed by atoms with Crippen LogP contribution >= 0.6 is 24.4 Å². The SMILES string of the molecule is S=C(C(=S)c1ccc(-n2c3ccccc3c3c4ccccc4c4ccccc4c32)cc1)C1=CCC(c2nc(-c3ccccc3)nc(C3C=CC=CC3)n2)C=C1. The van der Waals surface area contributed by atoms with E-state index in [1.165, 1.54) is 43.4 Å². The van der Waals surface area contributed by atoms with Gasteiger partial charge in [-0.1, -0.05) is 176 Å². The second kappa shape index (κ2) is 13.9. The maximum atomic E-state index is 6.05. The second-order valence-corrected chi connectivity index (χ2v) is 14.9. The summed E-state index contributed by atoms with van der Waals surface area (Å²) in [6.45, 7) is 0.